The molecule has 1 saturated carbocycles. The minimum Gasteiger partial charge on any atom is -0.341 e. The molecule has 1 amide bonds. The predicted molar refractivity (Wildman–Crippen MR) is 68.5 cm³/mol. The van der Waals surface area contributed by atoms with E-state index in [0.29, 0.717) is 24.6 Å². The van der Waals surface area contributed by atoms with E-state index in [1.54, 1.807) is 7.05 Å². The number of hydrogen-bond donors (Lipinski definition) is 1. The fourth-order valence-electron chi connectivity index (χ4n) is 1.86. The number of carbonyl (C=O) groups excluding carboxylic acids is 1. The monoisotopic (exact) mass is 268 g/mol. The van der Waals surface area contributed by atoms with E-state index in [2.05, 4.69) is 5.32 Å². The predicted octanol–water partition coefficient (Wildman–Crippen LogP) is 2.07. The minimum absolute atomic E-state index is 0.0446. The van der Waals surface area contributed by atoms with Crippen molar-refractivity contribution < 1.29 is 13.6 Å². The molecule has 1 aliphatic carbocycles. The molecule has 0 bridgehead atoms. The van der Waals surface area contributed by atoms with Crippen LogP contribution in [-0.2, 0) is 11.3 Å². The lowest BCUT2D eigenvalue weighted by Gasteiger charge is -2.17. The number of nitrogens with zero attached hydrogens (tertiary/aromatic N) is 1. The lowest BCUT2D eigenvalue weighted by atomic mass is 10.2. The number of carbonyl (C=O) groups is 1. The molecular formula is C14H18F2N2O. The van der Waals surface area contributed by atoms with Crippen LogP contribution in [0.1, 0.15) is 24.8 Å². The summed E-state index contributed by atoms with van der Waals surface area (Å²) in [5.41, 5.74) is 0.326. The van der Waals surface area contributed by atoms with Crippen LogP contribution in [-0.4, -0.2) is 30.4 Å². The zero-order chi connectivity index (χ0) is 13.8. The van der Waals surface area contributed by atoms with Crippen molar-refractivity contribution in [3.05, 3.63) is 35.4 Å². The summed E-state index contributed by atoms with van der Waals surface area (Å²) >= 11 is 0. The summed E-state index contributed by atoms with van der Waals surface area (Å²) in [6, 6.07) is 3.98. The zero-order valence-corrected chi connectivity index (χ0v) is 11.0. The topological polar surface area (TPSA) is 32.3 Å². The Morgan fingerprint density at radius 1 is 1.42 bits per heavy atom. The number of rotatable bonds is 6. The first-order chi connectivity index (χ1) is 9.06. The van der Waals surface area contributed by atoms with Crippen LogP contribution in [0.2, 0.25) is 0 Å². The van der Waals surface area contributed by atoms with Crippen molar-refractivity contribution in [3.63, 3.8) is 0 Å². The molecule has 0 spiro atoms. The van der Waals surface area contributed by atoms with Crippen LogP contribution >= 0.6 is 0 Å². The van der Waals surface area contributed by atoms with Crippen molar-refractivity contribution in [2.24, 2.45) is 0 Å². The smallest absolute Gasteiger partial charge is 0.223 e. The van der Waals surface area contributed by atoms with Gasteiger partial charge < -0.3 is 10.2 Å². The maximum atomic E-state index is 13.5. The summed E-state index contributed by atoms with van der Waals surface area (Å²) in [4.78, 5) is 13.3. The lowest BCUT2D eigenvalue weighted by molar-refractivity contribution is -0.130. The van der Waals surface area contributed by atoms with Crippen LogP contribution < -0.4 is 5.32 Å². The van der Waals surface area contributed by atoms with E-state index in [1.807, 2.05) is 0 Å². The van der Waals surface area contributed by atoms with E-state index in [-0.39, 0.29) is 12.5 Å². The van der Waals surface area contributed by atoms with Gasteiger partial charge in [0.2, 0.25) is 5.91 Å². The van der Waals surface area contributed by atoms with Gasteiger partial charge in [0, 0.05) is 44.2 Å². The molecule has 0 saturated heterocycles. The quantitative estimate of drug-likeness (QED) is 0.856. The van der Waals surface area contributed by atoms with Crippen LogP contribution in [0.3, 0.4) is 0 Å². The van der Waals surface area contributed by atoms with Gasteiger partial charge in [0.05, 0.1) is 0 Å². The first-order valence-corrected chi connectivity index (χ1v) is 6.47. The van der Waals surface area contributed by atoms with E-state index in [1.165, 1.54) is 29.9 Å². The van der Waals surface area contributed by atoms with Crippen LogP contribution in [0, 0.1) is 11.6 Å². The average Bonchev–Trinajstić information content (AvgIpc) is 3.16. The maximum absolute atomic E-state index is 13.5. The molecule has 0 aromatic heterocycles. The molecule has 1 aliphatic rings. The molecule has 1 N–H and O–H groups in total. The molecule has 3 nitrogen and oxygen atoms in total. The van der Waals surface area contributed by atoms with Gasteiger partial charge in [0.25, 0.3) is 0 Å². The second-order valence-corrected chi connectivity index (χ2v) is 4.96. The summed E-state index contributed by atoms with van der Waals surface area (Å²) in [6.07, 6.45) is 2.77. The summed E-state index contributed by atoms with van der Waals surface area (Å²) in [6.45, 7) is 0.814. The van der Waals surface area contributed by atoms with Crippen molar-refractivity contribution in [2.45, 2.75) is 31.8 Å². The summed E-state index contributed by atoms with van der Waals surface area (Å²) < 4.78 is 26.2. The molecule has 1 aromatic rings. The SMILES string of the molecule is CN(Cc1ccc(F)cc1F)C(=O)CCNC1CC1. The van der Waals surface area contributed by atoms with Crippen LogP contribution in [0.15, 0.2) is 18.2 Å². The summed E-state index contributed by atoms with van der Waals surface area (Å²) in [5.74, 6) is -1.27. The largest absolute Gasteiger partial charge is 0.341 e. The van der Waals surface area contributed by atoms with E-state index in [4.69, 9.17) is 0 Å². The van der Waals surface area contributed by atoms with Crippen molar-refractivity contribution in [3.8, 4) is 0 Å². The number of nitrogens with one attached hydrogen (secondary N) is 1. The van der Waals surface area contributed by atoms with Gasteiger partial charge in [0.15, 0.2) is 0 Å². The second-order valence-electron chi connectivity index (χ2n) is 4.96. The molecule has 0 aliphatic heterocycles. The molecule has 19 heavy (non-hydrogen) atoms. The van der Waals surface area contributed by atoms with Gasteiger partial charge in [-0.15, -0.1) is 0 Å². The highest BCUT2D eigenvalue weighted by atomic mass is 19.1. The Labute approximate surface area is 111 Å². The van der Waals surface area contributed by atoms with Crippen molar-refractivity contribution in [1.29, 1.82) is 0 Å². The van der Waals surface area contributed by atoms with Gasteiger partial charge in [-0.1, -0.05) is 6.07 Å². The fraction of sp³-hybridized carbons (Fsp3) is 0.500. The molecule has 1 fully saturated rings. The zero-order valence-electron chi connectivity index (χ0n) is 11.0. The highest BCUT2D eigenvalue weighted by Gasteiger charge is 2.20. The standard InChI is InChI=1S/C14H18F2N2O/c1-18(14(19)6-7-17-12-4-5-12)9-10-2-3-11(15)8-13(10)16/h2-3,8,12,17H,4-7,9H2,1H3. The Hall–Kier alpha value is -1.49. The molecule has 0 atom stereocenters. The second kappa shape index (κ2) is 6.10. The van der Waals surface area contributed by atoms with Crippen molar-refractivity contribution in [2.75, 3.05) is 13.6 Å². The van der Waals surface area contributed by atoms with Crippen LogP contribution in [0.5, 0.6) is 0 Å². The third kappa shape index (κ3) is 4.28. The number of benzene rings is 1. The van der Waals surface area contributed by atoms with Gasteiger partial charge >= 0.3 is 0 Å². The van der Waals surface area contributed by atoms with Gasteiger partial charge in [-0.2, -0.15) is 0 Å². The van der Waals surface area contributed by atoms with Crippen LogP contribution in [0.4, 0.5) is 8.78 Å². The van der Waals surface area contributed by atoms with Gasteiger partial charge in [-0.25, -0.2) is 8.78 Å². The minimum atomic E-state index is -0.615. The fourth-order valence-corrected chi connectivity index (χ4v) is 1.86. The third-order valence-electron chi connectivity index (χ3n) is 3.20. The van der Waals surface area contributed by atoms with Gasteiger partial charge in [-0.3, -0.25) is 4.79 Å². The highest BCUT2D eigenvalue weighted by molar-refractivity contribution is 5.76. The Kier molecular flexibility index (Phi) is 4.47. The molecule has 2 rings (SSSR count). The maximum Gasteiger partial charge on any atom is 0.223 e. The van der Waals surface area contributed by atoms with E-state index in [0.717, 1.165) is 6.07 Å². The first kappa shape index (κ1) is 13.9. The number of amides is 1. The molecule has 1 aromatic carbocycles. The van der Waals surface area contributed by atoms with E-state index >= 15 is 0 Å². The average molecular weight is 268 g/mol. The molecule has 104 valence electrons. The molecule has 0 radical (unpaired) electrons. The summed E-state index contributed by atoms with van der Waals surface area (Å²) in [7, 11) is 1.63. The van der Waals surface area contributed by atoms with Crippen molar-refractivity contribution in [1.82, 2.24) is 10.2 Å². The molecular weight excluding hydrogens is 250 g/mol. The Morgan fingerprint density at radius 2 is 2.16 bits per heavy atom. The molecule has 5 heteroatoms. The Balaban J connectivity index is 1.81. The number of hydrogen-bond acceptors (Lipinski definition) is 2. The third-order valence-corrected chi connectivity index (χ3v) is 3.20. The summed E-state index contributed by atoms with van der Waals surface area (Å²) in [5, 5.41) is 3.25. The van der Waals surface area contributed by atoms with E-state index in [9.17, 15) is 13.6 Å². The Bertz CT molecular complexity index is 461. The van der Waals surface area contributed by atoms with Gasteiger partial charge in [0.1, 0.15) is 11.6 Å². The van der Waals surface area contributed by atoms with E-state index < -0.39 is 11.6 Å². The van der Waals surface area contributed by atoms with Crippen molar-refractivity contribution >= 4 is 5.91 Å². The lowest BCUT2D eigenvalue weighted by Crippen LogP contribution is -2.30. The number of halogens is 2. The normalized spacial score (nSPS) is 14.5. The Morgan fingerprint density at radius 3 is 2.79 bits per heavy atom. The highest BCUT2D eigenvalue weighted by Crippen LogP contribution is 2.18. The molecule has 0 unspecified atom stereocenters. The van der Waals surface area contributed by atoms with Gasteiger partial charge in [-0.05, 0) is 18.9 Å². The van der Waals surface area contributed by atoms with Crippen LogP contribution in [0.25, 0.3) is 0 Å². The first-order valence-electron chi connectivity index (χ1n) is 6.47. The molecule has 0 heterocycles.